The summed E-state index contributed by atoms with van der Waals surface area (Å²) in [6.07, 6.45) is 7.23. The number of aliphatic imine (C=N–C) groups is 1. The van der Waals surface area contributed by atoms with E-state index in [1.165, 1.54) is 12.8 Å². The van der Waals surface area contributed by atoms with Crippen molar-refractivity contribution < 1.29 is 4.79 Å². The number of amides is 1. The maximum atomic E-state index is 12.5. The molecule has 1 aliphatic heterocycles. The van der Waals surface area contributed by atoms with Gasteiger partial charge in [0.25, 0.3) is 0 Å². The molecule has 8 heteroatoms. The summed E-state index contributed by atoms with van der Waals surface area (Å²) in [6, 6.07) is 3.96. The number of carbonyl (C=O) groups is 1. The number of likely N-dealkylation sites (tertiary alicyclic amines) is 1. The second kappa shape index (κ2) is 10.3. The van der Waals surface area contributed by atoms with Crippen LogP contribution in [0.2, 0.25) is 5.15 Å². The fourth-order valence-electron chi connectivity index (χ4n) is 3.59. The van der Waals surface area contributed by atoms with Crippen molar-refractivity contribution in [1.82, 2.24) is 20.5 Å². The quantitative estimate of drug-likeness (QED) is 0.294. The van der Waals surface area contributed by atoms with Gasteiger partial charge in [0.2, 0.25) is 5.91 Å². The maximum Gasteiger partial charge on any atom is 0.225 e. The topological polar surface area (TPSA) is 69.6 Å². The Morgan fingerprint density at radius 2 is 2.12 bits per heavy atom. The summed E-state index contributed by atoms with van der Waals surface area (Å²) in [5, 5.41) is 7.19. The minimum Gasteiger partial charge on any atom is -0.352 e. The molecule has 0 spiro atoms. The van der Waals surface area contributed by atoms with E-state index in [0.29, 0.717) is 17.6 Å². The zero-order valence-corrected chi connectivity index (χ0v) is 18.2. The molecule has 1 amide bonds. The highest BCUT2D eigenvalue weighted by Gasteiger charge is 2.32. The Labute approximate surface area is 177 Å². The molecule has 3 rings (SSSR count). The smallest absolute Gasteiger partial charge is 0.225 e. The Bertz CT molecular complexity index is 619. The van der Waals surface area contributed by atoms with Crippen molar-refractivity contribution in [2.75, 3.05) is 20.1 Å². The van der Waals surface area contributed by atoms with E-state index in [2.05, 4.69) is 20.6 Å². The van der Waals surface area contributed by atoms with Gasteiger partial charge in [0.1, 0.15) is 5.15 Å². The predicted octanol–water partition coefficient (Wildman–Crippen LogP) is 2.81. The monoisotopic (exact) mass is 491 g/mol. The maximum absolute atomic E-state index is 12.5. The van der Waals surface area contributed by atoms with Crippen LogP contribution in [0, 0.1) is 5.92 Å². The number of nitrogens with one attached hydrogen (secondary N) is 2. The first kappa shape index (κ1) is 21.2. The van der Waals surface area contributed by atoms with Crippen molar-refractivity contribution in [2.24, 2.45) is 10.9 Å². The molecule has 0 radical (unpaired) electrons. The molecule has 6 nitrogen and oxygen atoms in total. The van der Waals surface area contributed by atoms with E-state index in [0.717, 1.165) is 43.9 Å². The lowest BCUT2D eigenvalue weighted by atomic mass is 10.1. The first-order chi connectivity index (χ1) is 12.2. The molecule has 1 saturated heterocycles. The van der Waals surface area contributed by atoms with Crippen molar-refractivity contribution >= 4 is 47.4 Å². The van der Waals surface area contributed by atoms with Gasteiger partial charge in [0.15, 0.2) is 5.96 Å². The number of pyridine rings is 1. The number of rotatable bonds is 4. The van der Waals surface area contributed by atoms with Crippen LogP contribution in [0.4, 0.5) is 0 Å². The van der Waals surface area contributed by atoms with Gasteiger partial charge in [-0.3, -0.25) is 9.79 Å². The molecule has 2 fully saturated rings. The molecule has 1 aromatic heterocycles. The predicted molar refractivity (Wildman–Crippen MR) is 115 cm³/mol. The zero-order chi connectivity index (χ0) is 17.6. The molecule has 1 aromatic rings. The number of halogens is 2. The minimum absolute atomic E-state index is 0. The van der Waals surface area contributed by atoms with Gasteiger partial charge in [-0.2, -0.15) is 0 Å². The van der Waals surface area contributed by atoms with E-state index < -0.39 is 0 Å². The van der Waals surface area contributed by atoms with Crippen LogP contribution in [-0.4, -0.2) is 47.9 Å². The van der Waals surface area contributed by atoms with Crippen LogP contribution in [0.1, 0.15) is 37.7 Å². The molecule has 1 atom stereocenters. The van der Waals surface area contributed by atoms with Crippen molar-refractivity contribution in [3.8, 4) is 0 Å². The number of hydrogen-bond donors (Lipinski definition) is 2. The average Bonchev–Trinajstić information content (AvgIpc) is 3.31. The Hall–Kier alpha value is -1.09. The van der Waals surface area contributed by atoms with Gasteiger partial charge >= 0.3 is 0 Å². The third-order valence-corrected chi connectivity index (χ3v) is 5.24. The minimum atomic E-state index is 0. The van der Waals surface area contributed by atoms with Gasteiger partial charge in [-0.05, 0) is 30.9 Å². The number of aromatic nitrogens is 1. The van der Waals surface area contributed by atoms with Crippen molar-refractivity contribution in [3.05, 3.63) is 29.0 Å². The highest BCUT2D eigenvalue weighted by atomic mass is 127. The van der Waals surface area contributed by atoms with Crippen LogP contribution in [0.5, 0.6) is 0 Å². The average molecular weight is 492 g/mol. The molecule has 2 aliphatic rings. The van der Waals surface area contributed by atoms with Crippen molar-refractivity contribution in [2.45, 2.75) is 44.7 Å². The van der Waals surface area contributed by atoms with Crippen molar-refractivity contribution in [3.63, 3.8) is 0 Å². The molecule has 26 heavy (non-hydrogen) atoms. The van der Waals surface area contributed by atoms with Gasteiger partial charge in [-0.25, -0.2) is 4.98 Å². The summed E-state index contributed by atoms with van der Waals surface area (Å²) in [5.74, 6) is 1.35. The molecule has 0 bridgehead atoms. The molecule has 1 aliphatic carbocycles. The van der Waals surface area contributed by atoms with Gasteiger partial charge < -0.3 is 15.5 Å². The molecule has 2 heterocycles. The number of nitrogens with zero attached hydrogens (tertiary/aromatic N) is 3. The van der Waals surface area contributed by atoms with Crippen LogP contribution in [-0.2, 0) is 11.3 Å². The Morgan fingerprint density at radius 1 is 1.35 bits per heavy atom. The fourth-order valence-corrected chi connectivity index (χ4v) is 3.71. The lowest BCUT2D eigenvalue weighted by molar-refractivity contribution is -0.134. The van der Waals surface area contributed by atoms with Crippen LogP contribution in [0.25, 0.3) is 0 Å². The Kier molecular flexibility index (Phi) is 8.40. The lowest BCUT2D eigenvalue weighted by Crippen LogP contribution is -2.45. The second-order valence-corrected chi connectivity index (χ2v) is 7.20. The molecule has 0 aromatic carbocycles. The molecular weight excluding hydrogens is 465 g/mol. The first-order valence-electron chi connectivity index (χ1n) is 9.02. The summed E-state index contributed by atoms with van der Waals surface area (Å²) in [7, 11) is 1.76. The summed E-state index contributed by atoms with van der Waals surface area (Å²) in [5.41, 5.74) is 1.04. The summed E-state index contributed by atoms with van der Waals surface area (Å²) < 4.78 is 0. The highest BCUT2D eigenvalue weighted by Crippen LogP contribution is 2.27. The van der Waals surface area contributed by atoms with E-state index in [1.54, 1.807) is 19.3 Å². The fraction of sp³-hybridized carbons (Fsp3) is 0.611. The van der Waals surface area contributed by atoms with E-state index in [1.807, 2.05) is 11.0 Å². The van der Waals surface area contributed by atoms with Crippen LogP contribution >= 0.6 is 35.6 Å². The first-order valence-corrected chi connectivity index (χ1v) is 9.40. The van der Waals surface area contributed by atoms with E-state index in [4.69, 9.17) is 11.6 Å². The van der Waals surface area contributed by atoms with Crippen molar-refractivity contribution in [1.29, 1.82) is 0 Å². The van der Waals surface area contributed by atoms with Gasteiger partial charge in [0.05, 0.1) is 0 Å². The molecule has 2 N–H and O–H groups in total. The highest BCUT2D eigenvalue weighted by molar-refractivity contribution is 14.0. The normalized spacial score (nSPS) is 20.8. The number of carbonyl (C=O) groups excluding carboxylic acids is 1. The van der Waals surface area contributed by atoms with Gasteiger partial charge in [0, 0.05) is 44.8 Å². The third kappa shape index (κ3) is 5.70. The SMILES string of the molecule is CN=C(NCc1ccc(Cl)nc1)NC1CCN(C(=O)C2CCCC2)C1.I. The summed E-state index contributed by atoms with van der Waals surface area (Å²) in [4.78, 5) is 22.9. The van der Waals surface area contributed by atoms with Crippen LogP contribution < -0.4 is 10.6 Å². The van der Waals surface area contributed by atoms with E-state index in [9.17, 15) is 4.79 Å². The Balaban J connectivity index is 0.00000243. The molecule has 1 unspecified atom stereocenters. The third-order valence-electron chi connectivity index (χ3n) is 5.02. The molecule has 144 valence electrons. The number of hydrogen-bond acceptors (Lipinski definition) is 3. The van der Waals surface area contributed by atoms with Crippen LogP contribution in [0.15, 0.2) is 23.3 Å². The Morgan fingerprint density at radius 3 is 2.77 bits per heavy atom. The summed E-state index contributed by atoms with van der Waals surface area (Å²) >= 11 is 5.80. The standard InChI is InChI=1S/C18H26ClN5O.HI/c1-20-18(22-11-13-6-7-16(19)21-10-13)23-15-8-9-24(12-15)17(25)14-4-2-3-5-14;/h6-7,10,14-15H,2-5,8-9,11-12H2,1H3,(H2,20,22,23);1H. The van der Waals surface area contributed by atoms with Gasteiger partial charge in [-0.15, -0.1) is 24.0 Å². The molecule has 1 saturated carbocycles. The van der Waals surface area contributed by atoms with Crippen LogP contribution in [0.3, 0.4) is 0 Å². The van der Waals surface area contributed by atoms with Gasteiger partial charge in [-0.1, -0.05) is 30.5 Å². The second-order valence-electron chi connectivity index (χ2n) is 6.81. The molecular formula is C18H27ClIN5O. The number of guanidine groups is 1. The largest absolute Gasteiger partial charge is 0.352 e. The van der Waals surface area contributed by atoms with E-state index >= 15 is 0 Å². The zero-order valence-electron chi connectivity index (χ0n) is 15.1. The summed E-state index contributed by atoms with van der Waals surface area (Å²) in [6.45, 7) is 2.23. The lowest BCUT2D eigenvalue weighted by Gasteiger charge is -2.21. The van der Waals surface area contributed by atoms with E-state index in [-0.39, 0.29) is 35.9 Å².